The lowest BCUT2D eigenvalue weighted by Crippen LogP contribution is -2.56. The molecule has 2 atom stereocenters. The number of likely N-dealkylation sites (tertiary alicyclic amines) is 2. The first-order valence-electron chi connectivity index (χ1n) is 10.7. The maximum atomic E-state index is 11.6. The molecule has 1 aromatic rings. The minimum atomic E-state index is 0.262. The van der Waals surface area contributed by atoms with E-state index in [1.54, 1.807) is 0 Å². The third-order valence-corrected chi connectivity index (χ3v) is 7.35. The summed E-state index contributed by atoms with van der Waals surface area (Å²) in [6.07, 6.45) is 10.7. The number of aromatic nitrogens is 2. The molecule has 0 aromatic carbocycles. The first-order chi connectivity index (χ1) is 13.5. The van der Waals surface area contributed by atoms with E-state index in [9.17, 15) is 4.79 Å². The normalized spacial score (nSPS) is 26.9. The number of hydrogen-bond acceptors (Lipinski definition) is 7. The van der Waals surface area contributed by atoms with Crippen LogP contribution in [-0.2, 0) is 4.79 Å². The Morgan fingerprint density at radius 2 is 1.71 bits per heavy atom. The van der Waals surface area contributed by atoms with Gasteiger partial charge in [-0.25, -0.2) is 9.97 Å². The molecule has 0 radical (unpaired) electrons. The van der Waals surface area contributed by atoms with Crippen LogP contribution in [-0.4, -0.2) is 82.0 Å². The van der Waals surface area contributed by atoms with Crippen LogP contribution in [0.5, 0.6) is 0 Å². The number of rotatable bonds is 5. The predicted octanol–water partition coefficient (Wildman–Crippen LogP) is 2.61. The van der Waals surface area contributed by atoms with Crippen LogP contribution in [0.15, 0.2) is 12.4 Å². The van der Waals surface area contributed by atoms with Gasteiger partial charge in [0.05, 0.1) is 6.54 Å². The number of thioether (sulfide) groups is 1. The maximum Gasteiger partial charge on any atom is 0.225 e. The summed E-state index contributed by atoms with van der Waals surface area (Å²) in [5.74, 6) is 1.44. The summed E-state index contributed by atoms with van der Waals surface area (Å²) in [4.78, 5) is 28.6. The van der Waals surface area contributed by atoms with Crippen LogP contribution >= 0.6 is 11.8 Å². The molecule has 0 N–H and O–H groups in total. The Hall–Kier alpha value is -1.18. The van der Waals surface area contributed by atoms with Crippen LogP contribution in [0.4, 0.5) is 5.95 Å². The number of piperazine rings is 1. The quantitative estimate of drug-likeness (QED) is 0.749. The molecule has 2 unspecified atom stereocenters. The number of piperidine rings is 1. The molecule has 28 heavy (non-hydrogen) atoms. The molecule has 7 heteroatoms. The van der Waals surface area contributed by atoms with Gasteiger partial charge in [0.15, 0.2) is 0 Å². The molecule has 3 saturated heterocycles. The van der Waals surface area contributed by atoms with Crippen molar-refractivity contribution in [1.29, 1.82) is 0 Å². The van der Waals surface area contributed by atoms with Crippen LogP contribution in [0.2, 0.25) is 0 Å². The number of nitrogens with zero attached hydrogens (tertiary/aromatic N) is 5. The predicted molar refractivity (Wildman–Crippen MR) is 115 cm³/mol. The van der Waals surface area contributed by atoms with E-state index in [4.69, 9.17) is 9.97 Å². The van der Waals surface area contributed by atoms with Gasteiger partial charge in [-0.05, 0) is 70.4 Å². The summed E-state index contributed by atoms with van der Waals surface area (Å²) in [6.45, 7) is 9.40. The van der Waals surface area contributed by atoms with E-state index in [0.717, 1.165) is 45.0 Å². The van der Waals surface area contributed by atoms with Crippen molar-refractivity contribution in [3.8, 4) is 0 Å². The largest absolute Gasteiger partial charge is 0.332 e. The minimum absolute atomic E-state index is 0.262. The number of fused-ring (bicyclic) bond motifs is 2. The molecule has 3 aliphatic heterocycles. The van der Waals surface area contributed by atoms with Crippen molar-refractivity contribution in [3.05, 3.63) is 18.0 Å². The lowest BCUT2D eigenvalue weighted by atomic mass is 9.91. The highest BCUT2D eigenvalue weighted by Gasteiger charge is 2.41. The van der Waals surface area contributed by atoms with Gasteiger partial charge in [-0.15, -0.1) is 0 Å². The second-order valence-corrected chi connectivity index (χ2v) is 9.65. The molecule has 0 spiro atoms. The van der Waals surface area contributed by atoms with E-state index in [2.05, 4.69) is 40.9 Å². The molecule has 4 heterocycles. The van der Waals surface area contributed by atoms with E-state index in [1.807, 2.05) is 6.26 Å². The van der Waals surface area contributed by atoms with Crippen LogP contribution in [0.25, 0.3) is 0 Å². The van der Waals surface area contributed by atoms with Gasteiger partial charge in [0.25, 0.3) is 0 Å². The highest BCUT2D eigenvalue weighted by molar-refractivity contribution is 8.13. The van der Waals surface area contributed by atoms with Crippen LogP contribution in [0.3, 0.4) is 0 Å². The third-order valence-electron chi connectivity index (χ3n) is 6.77. The Bertz CT molecular complexity index is 660. The van der Waals surface area contributed by atoms with Crippen LogP contribution < -0.4 is 4.90 Å². The third kappa shape index (κ3) is 4.21. The molecule has 4 rings (SSSR count). The Labute approximate surface area is 173 Å². The number of anilines is 1. The van der Waals surface area contributed by atoms with E-state index in [-0.39, 0.29) is 5.12 Å². The molecular weight excluding hydrogens is 370 g/mol. The SMILES string of the molecule is CSC(=O)CN1CCC(c2cnc(N3C4CCC3CN(C(C)C)C4)nc2)CC1. The number of hydrogen-bond donors (Lipinski definition) is 0. The highest BCUT2D eigenvalue weighted by atomic mass is 32.2. The van der Waals surface area contributed by atoms with Crippen molar-refractivity contribution in [2.75, 3.05) is 43.9 Å². The van der Waals surface area contributed by atoms with E-state index in [0.29, 0.717) is 30.6 Å². The molecule has 3 fully saturated rings. The molecular formula is C21H33N5OS. The van der Waals surface area contributed by atoms with Crippen LogP contribution in [0, 0.1) is 0 Å². The lowest BCUT2D eigenvalue weighted by molar-refractivity contribution is -0.112. The number of carbonyl (C=O) groups is 1. The highest BCUT2D eigenvalue weighted by Crippen LogP contribution is 2.34. The van der Waals surface area contributed by atoms with Gasteiger partial charge >= 0.3 is 0 Å². The monoisotopic (exact) mass is 403 g/mol. The fourth-order valence-corrected chi connectivity index (χ4v) is 5.34. The summed E-state index contributed by atoms with van der Waals surface area (Å²) in [5.41, 5.74) is 1.26. The molecule has 154 valence electrons. The molecule has 0 amide bonds. The first kappa shape index (κ1) is 20.1. The van der Waals surface area contributed by atoms with Gasteiger partial charge in [-0.3, -0.25) is 14.6 Å². The average molecular weight is 404 g/mol. The van der Waals surface area contributed by atoms with Gasteiger partial charge in [-0.1, -0.05) is 11.8 Å². The fourth-order valence-electron chi connectivity index (χ4n) is 5.03. The lowest BCUT2D eigenvalue weighted by Gasteiger charge is -2.42. The zero-order chi connectivity index (χ0) is 19.7. The van der Waals surface area contributed by atoms with Gasteiger partial charge in [0, 0.05) is 43.6 Å². The van der Waals surface area contributed by atoms with Crippen molar-refractivity contribution in [1.82, 2.24) is 19.8 Å². The molecule has 6 nitrogen and oxygen atoms in total. The Kier molecular flexibility index (Phi) is 6.23. The second-order valence-electron chi connectivity index (χ2n) is 8.78. The van der Waals surface area contributed by atoms with Gasteiger partial charge in [-0.2, -0.15) is 0 Å². The van der Waals surface area contributed by atoms with Crippen LogP contribution in [0.1, 0.15) is 51.0 Å². The zero-order valence-corrected chi connectivity index (χ0v) is 18.2. The first-order valence-corrected chi connectivity index (χ1v) is 11.9. The zero-order valence-electron chi connectivity index (χ0n) is 17.4. The summed E-state index contributed by atoms with van der Waals surface area (Å²) in [6, 6.07) is 1.74. The van der Waals surface area contributed by atoms with Gasteiger partial charge < -0.3 is 4.90 Å². The van der Waals surface area contributed by atoms with Crippen molar-refractivity contribution < 1.29 is 4.79 Å². The van der Waals surface area contributed by atoms with Gasteiger partial charge in [0.1, 0.15) is 0 Å². The molecule has 2 bridgehead atoms. The standard InChI is InChI=1S/C21H33N5OS/c1-15(2)25-12-18-4-5-19(13-25)26(18)21-22-10-17(11-23-21)16-6-8-24(9-7-16)14-20(27)28-3/h10-11,15-16,18-19H,4-9,12-14H2,1-3H3. The van der Waals surface area contributed by atoms with E-state index < -0.39 is 0 Å². The summed E-state index contributed by atoms with van der Waals surface area (Å²) in [7, 11) is 0. The smallest absolute Gasteiger partial charge is 0.225 e. The Balaban J connectivity index is 1.36. The summed E-state index contributed by atoms with van der Waals surface area (Å²) < 4.78 is 0. The van der Waals surface area contributed by atoms with Crippen molar-refractivity contribution >= 4 is 22.8 Å². The summed E-state index contributed by atoms with van der Waals surface area (Å²) in [5, 5.41) is 0.262. The maximum absolute atomic E-state index is 11.6. The second kappa shape index (κ2) is 8.67. The topological polar surface area (TPSA) is 52.6 Å². The molecule has 0 saturated carbocycles. The van der Waals surface area contributed by atoms with Gasteiger partial charge in [0.2, 0.25) is 11.1 Å². The van der Waals surface area contributed by atoms with Crippen molar-refractivity contribution in [3.63, 3.8) is 0 Å². The van der Waals surface area contributed by atoms with E-state index in [1.165, 1.54) is 30.2 Å². The molecule has 3 aliphatic rings. The Morgan fingerprint density at radius 1 is 1.11 bits per heavy atom. The fraction of sp³-hybridized carbons (Fsp3) is 0.762. The number of carbonyl (C=O) groups excluding carboxylic acids is 1. The summed E-state index contributed by atoms with van der Waals surface area (Å²) >= 11 is 1.33. The Morgan fingerprint density at radius 3 is 2.25 bits per heavy atom. The van der Waals surface area contributed by atoms with Crippen molar-refractivity contribution in [2.45, 2.75) is 63.6 Å². The van der Waals surface area contributed by atoms with E-state index >= 15 is 0 Å². The average Bonchev–Trinajstić information content (AvgIpc) is 2.97. The minimum Gasteiger partial charge on any atom is -0.332 e. The molecule has 1 aromatic heterocycles. The molecule has 0 aliphatic carbocycles. The van der Waals surface area contributed by atoms with Crippen molar-refractivity contribution in [2.24, 2.45) is 0 Å².